The number of tetrazole rings is 1. The molecule has 11 heteroatoms. The zero-order valence-electron chi connectivity index (χ0n) is 16.0. The first-order valence-electron chi connectivity index (χ1n) is 8.84. The van der Waals surface area contributed by atoms with Gasteiger partial charge >= 0.3 is 0 Å². The highest BCUT2D eigenvalue weighted by Crippen LogP contribution is 2.26. The number of aromatic nitrogens is 6. The predicted molar refractivity (Wildman–Crippen MR) is 113 cm³/mol. The van der Waals surface area contributed by atoms with Crippen LogP contribution in [-0.4, -0.2) is 42.8 Å². The van der Waals surface area contributed by atoms with E-state index in [1.54, 1.807) is 43.3 Å². The summed E-state index contributed by atoms with van der Waals surface area (Å²) in [5, 5.41) is 14.6. The second kappa shape index (κ2) is 8.03. The monoisotopic (exact) mass is 469 g/mol. The number of methoxy groups -OCH3 is 1. The lowest BCUT2D eigenvalue weighted by Gasteiger charge is -2.12. The van der Waals surface area contributed by atoms with E-state index in [1.165, 1.54) is 22.7 Å². The molecule has 10 nitrogen and oxygen atoms in total. The lowest BCUT2D eigenvalue weighted by Crippen LogP contribution is -2.28. The van der Waals surface area contributed by atoms with Gasteiger partial charge in [-0.05, 0) is 53.7 Å². The molecule has 0 aliphatic rings. The summed E-state index contributed by atoms with van der Waals surface area (Å²) in [6.07, 6.45) is 1.36. The molecule has 0 atom stereocenters. The average Bonchev–Trinajstić information content (AvgIpc) is 3.16. The Bertz CT molecular complexity index is 1320. The third-order valence-corrected chi connectivity index (χ3v) is 4.91. The van der Waals surface area contributed by atoms with Crippen molar-refractivity contribution in [2.24, 2.45) is 0 Å². The molecule has 0 aliphatic carbocycles. The van der Waals surface area contributed by atoms with Crippen LogP contribution < -0.4 is 15.6 Å². The first-order valence-corrected chi connectivity index (χ1v) is 9.63. The molecule has 152 valence electrons. The highest BCUT2D eigenvalue weighted by molar-refractivity contribution is 9.10. The van der Waals surface area contributed by atoms with E-state index in [0.29, 0.717) is 33.9 Å². The van der Waals surface area contributed by atoms with Gasteiger partial charge in [-0.1, -0.05) is 15.9 Å². The fourth-order valence-electron chi connectivity index (χ4n) is 2.99. The molecular weight excluding hydrogens is 454 g/mol. The summed E-state index contributed by atoms with van der Waals surface area (Å²) < 4.78 is 8.89. The summed E-state index contributed by atoms with van der Waals surface area (Å²) in [4.78, 5) is 29.5. The van der Waals surface area contributed by atoms with Crippen LogP contribution in [0.1, 0.15) is 5.82 Å². The fourth-order valence-corrected chi connectivity index (χ4v) is 3.35. The molecule has 0 radical (unpaired) electrons. The van der Waals surface area contributed by atoms with E-state index in [-0.39, 0.29) is 18.0 Å². The number of hydrogen-bond donors (Lipinski definition) is 1. The maximum Gasteiger partial charge on any atom is 0.261 e. The number of fused-ring (bicyclic) bond motifs is 1. The number of halogens is 1. The van der Waals surface area contributed by atoms with Crippen LogP contribution in [0.15, 0.2) is 52.0 Å². The molecule has 1 amide bonds. The first-order chi connectivity index (χ1) is 14.5. The van der Waals surface area contributed by atoms with E-state index in [4.69, 9.17) is 4.74 Å². The maximum atomic E-state index is 12.7. The number of amides is 1. The minimum atomic E-state index is -0.377. The van der Waals surface area contributed by atoms with Gasteiger partial charge in [0.05, 0.1) is 24.3 Å². The highest BCUT2D eigenvalue weighted by atomic mass is 79.9. The molecule has 30 heavy (non-hydrogen) atoms. The van der Waals surface area contributed by atoms with Crippen LogP contribution in [0.4, 0.5) is 5.69 Å². The van der Waals surface area contributed by atoms with Gasteiger partial charge in [0.25, 0.3) is 5.56 Å². The molecule has 2 heterocycles. The number of rotatable bonds is 5. The van der Waals surface area contributed by atoms with Crippen molar-refractivity contribution < 1.29 is 9.53 Å². The predicted octanol–water partition coefficient (Wildman–Crippen LogP) is 2.09. The van der Waals surface area contributed by atoms with Gasteiger partial charge in [0, 0.05) is 10.2 Å². The normalized spacial score (nSPS) is 10.9. The minimum absolute atomic E-state index is 0.181. The molecule has 0 saturated heterocycles. The molecule has 0 unspecified atom stereocenters. The van der Waals surface area contributed by atoms with Crippen molar-refractivity contribution >= 4 is 38.4 Å². The van der Waals surface area contributed by atoms with Crippen molar-refractivity contribution in [1.82, 2.24) is 29.8 Å². The topological polar surface area (TPSA) is 117 Å². The summed E-state index contributed by atoms with van der Waals surface area (Å²) in [6.45, 7) is 1.57. The van der Waals surface area contributed by atoms with Crippen LogP contribution in [0, 0.1) is 6.92 Å². The van der Waals surface area contributed by atoms with Gasteiger partial charge in [-0.15, -0.1) is 5.10 Å². The Labute approximate surface area is 178 Å². The standard InChI is InChI=1S/C19H16BrN7O3/c1-11-23-24-25-27(11)16-8-13(4-6-17(16)30-2)22-18(28)9-26-10-21-15-5-3-12(20)7-14(15)19(26)29/h3-8,10H,9H2,1-2H3,(H,22,28). The van der Waals surface area contributed by atoms with Crippen molar-refractivity contribution in [1.29, 1.82) is 0 Å². The van der Waals surface area contributed by atoms with Crippen molar-refractivity contribution in [3.8, 4) is 11.4 Å². The Morgan fingerprint density at radius 1 is 1.23 bits per heavy atom. The second-order valence-electron chi connectivity index (χ2n) is 6.41. The molecule has 4 aromatic rings. The molecule has 0 fully saturated rings. The van der Waals surface area contributed by atoms with Gasteiger partial charge in [-0.25, -0.2) is 4.98 Å². The van der Waals surface area contributed by atoms with Crippen LogP contribution in [0.2, 0.25) is 0 Å². The smallest absolute Gasteiger partial charge is 0.261 e. The van der Waals surface area contributed by atoms with Crippen LogP contribution in [0.3, 0.4) is 0 Å². The third kappa shape index (κ3) is 3.79. The number of ether oxygens (including phenoxy) is 1. The van der Waals surface area contributed by atoms with Gasteiger partial charge in [-0.3, -0.25) is 14.2 Å². The van der Waals surface area contributed by atoms with Gasteiger partial charge in [-0.2, -0.15) is 4.68 Å². The zero-order valence-corrected chi connectivity index (χ0v) is 17.6. The second-order valence-corrected chi connectivity index (χ2v) is 7.33. The molecule has 0 aliphatic heterocycles. The largest absolute Gasteiger partial charge is 0.494 e. The summed E-state index contributed by atoms with van der Waals surface area (Å²) in [5.74, 6) is 0.735. The summed E-state index contributed by atoms with van der Waals surface area (Å²) >= 11 is 3.34. The summed E-state index contributed by atoms with van der Waals surface area (Å²) in [6, 6.07) is 10.3. The van der Waals surface area contributed by atoms with E-state index in [2.05, 4.69) is 41.8 Å². The molecule has 2 aromatic heterocycles. The van der Waals surface area contributed by atoms with E-state index in [0.717, 1.165) is 4.47 Å². The van der Waals surface area contributed by atoms with Gasteiger partial charge < -0.3 is 10.1 Å². The number of anilines is 1. The number of nitrogens with one attached hydrogen (secondary N) is 1. The lowest BCUT2D eigenvalue weighted by atomic mass is 10.2. The van der Waals surface area contributed by atoms with E-state index < -0.39 is 0 Å². The number of hydrogen-bond acceptors (Lipinski definition) is 7. The molecule has 0 saturated carbocycles. The number of carbonyl (C=O) groups excluding carboxylic acids is 1. The van der Waals surface area contributed by atoms with Crippen LogP contribution in [-0.2, 0) is 11.3 Å². The lowest BCUT2D eigenvalue weighted by molar-refractivity contribution is -0.116. The van der Waals surface area contributed by atoms with Crippen molar-refractivity contribution in [2.75, 3.05) is 12.4 Å². The average molecular weight is 470 g/mol. The van der Waals surface area contributed by atoms with Crippen molar-refractivity contribution in [3.63, 3.8) is 0 Å². The van der Waals surface area contributed by atoms with Crippen molar-refractivity contribution in [2.45, 2.75) is 13.5 Å². The van der Waals surface area contributed by atoms with Gasteiger partial charge in [0.2, 0.25) is 5.91 Å². The molecule has 0 bridgehead atoms. The van der Waals surface area contributed by atoms with Crippen LogP contribution in [0.5, 0.6) is 5.75 Å². The van der Waals surface area contributed by atoms with E-state index >= 15 is 0 Å². The third-order valence-electron chi connectivity index (χ3n) is 4.42. The Kier molecular flexibility index (Phi) is 5.27. The summed E-state index contributed by atoms with van der Waals surface area (Å²) in [5.41, 5.74) is 1.36. The van der Waals surface area contributed by atoms with Crippen LogP contribution >= 0.6 is 15.9 Å². The quantitative estimate of drug-likeness (QED) is 0.475. The van der Waals surface area contributed by atoms with Crippen LogP contribution in [0.25, 0.3) is 16.6 Å². The molecule has 4 rings (SSSR count). The first kappa shape index (κ1) is 19.7. The zero-order chi connectivity index (χ0) is 21.3. The van der Waals surface area contributed by atoms with Gasteiger partial charge in [0.1, 0.15) is 18.0 Å². The Hall–Kier alpha value is -3.60. The number of aryl methyl sites for hydroxylation is 1. The summed E-state index contributed by atoms with van der Waals surface area (Å²) in [7, 11) is 1.54. The fraction of sp³-hybridized carbons (Fsp3) is 0.158. The van der Waals surface area contributed by atoms with E-state index in [1.807, 2.05) is 0 Å². The SMILES string of the molecule is COc1ccc(NC(=O)Cn2cnc3ccc(Br)cc3c2=O)cc1-n1nnnc1C. The molecule has 2 aromatic carbocycles. The maximum absolute atomic E-state index is 12.7. The number of nitrogens with zero attached hydrogens (tertiary/aromatic N) is 6. The Morgan fingerprint density at radius 3 is 2.80 bits per heavy atom. The minimum Gasteiger partial charge on any atom is -0.494 e. The van der Waals surface area contributed by atoms with Gasteiger partial charge in [0.15, 0.2) is 5.82 Å². The highest BCUT2D eigenvalue weighted by Gasteiger charge is 2.13. The Balaban J connectivity index is 1.59. The molecular formula is C19H16BrN7O3. The number of carbonyl (C=O) groups is 1. The molecule has 0 spiro atoms. The Morgan fingerprint density at radius 2 is 2.07 bits per heavy atom. The van der Waals surface area contributed by atoms with E-state index in [9.17, 15) is 9.59 Å². The molecule has 1 N–H and O–H groups in total. The number of benzene rings is 2. The van der Waals surface area contributed by atoms with Crippen molar-refractivity contribution in [3.05, 3.63) is 63.4 Å².